The van der Waals surface area contributed by atoms with Gasteiger partial charge < -0.3 is 10.2 Å². The van der Waals surface area contributed by atoms with Crippen LogP contribution in [0.1, 0.15) is 46.9 Å². The summed E-state index contributed by atoms with van der Waals surface area (Å²) in [6, 6.07) is 23.8. The third kappa shape index (κ3) is 4.89. The molecule has 4 rings (SSSR count). The highest BCUT2D eigenvalue weighted by Gasteiger charge is 2.24. The average Bonchev–Trinajstić information content (AvgIpc) is 3.27. The summed E-state index contributed by atoms with van der Waals surface area (Å²) >= 11 is 1.42. The van der Waals surface area contributed by atoms with E-state index in [1.54, 1.807) is 0 Å². The Morgan fingerprint density at radius 1 is 1.00 bits per heavy atom. The standard InChI is InChI=1S/C27H28N2O2S/c1-3-20-12-14-21(15-13-20)19(2)28-27(31)23-9-5-7-11-25(23)32-18-26(30)29-17-16-22-8-4-6-10-24(22)29/h4-15,19H,3,16-18H2,1-2H3,(H,28,31). The number of hydrogen-bond donors (Lipinski definition) is 1. The van der Waals surface area contributed by atoms with Crippen molar-refractivity contribution in [3.05, 3.63) is 95.1 Å². The third-order valence-electron chi connectivity index (χ3n) is 5.91. The molecule has 1 atom stereocenters. The molecular weight excluding hydrogens is 416 g/mol. The van der Waals surface area contributed by atoms with Crippen molar-refractivity contribution in [2.45, 2.75) is 37.6 Å². The minimum atomic E-state index is -0.126. The Bertz CT molecular complexity index is 1110. The zero-order valence-electron chi connectivity index (χ0n) is 18.5. The lowest BCUT2D eigenvalue weighted by Crippen LogP contribution is -2.30. The molecule has 1 unspecified atom stereocenters. The van der Waals surface area contributed by atoms with E-state index >= 15 is 0 Å². The summed E-state index contributed by atoms with van der Waals surface area (Å²) in [6.07, 6.45) is 1.88. The van der Waals surface area contributed by atoms with E-state index in [1.165, 1.54) is 22.9 Å². The molecule has 2 amide bonds. The highest BCUT2D eigenvalue weighted by molar-refractivity contribution is 8.00. The van der Waals surface area contributed by atoms with E-state index in [2.05, 4.69) is 42.6 Å². The van der Waals surface area contributed by atoms with E-state index in [0.717, 1.165) is 35.5 Å². The number of para-hydroxylation sites is 1. The molecule has 32 heavy (non-hydrogen) atoms. The second-order valence-corrected chi connectivity index (χ2v) is 9.02. The molecule has 0 radical (unpaired) electrons. The van der Waals surface area contributed by atoms with E-state index in [1.807, 2.05) is 54.3 Å². The number of benzene rings is 3. The van der Waals surface area contributed by atoms with Gasteiger partial charge in [-0.2, -0.15) is 0 Å². The predicted octanol–water partition coefficient (Wildman–Crippen LogP) is 5.42. The number of rotatable bonds is 7. The summed E-state index contributed by atoms with van der Waals surface area (Å²) in [5, 5.41) is 3.10. The topological polar surface area (TPSA) is 49.4 Å². The zero-order valence-corrected chi connectivity index (χ0v) is 19.3. The number of anilines is 1. The Hall–Kier alpha value is -3.05. The Morgan fingerprint density at radius 2 is 1.72 bits per heavy atom. The number of amides is 2. The zero-order chi connectivity index (χ0) is 22.5. The molecule has 5 heteroatoms. The maximum absolute atomic E-state index is 13.0. The van der Waals surface area contributed by atoms with Gasteiger partial charge in [0.05, 0.1) is 17.4 Å². The van der Waals surface area contributed by atoms with E-state index in [9.17, 15) is 9.59 Å². The number of nitrogens with one attached hydrogen (secondary N) is 1. The Kier molecular flexibility index (Phi) is 6.96. The molecular formula is C27H28N2O2S. The number of hydrogen-bond acceptors (Lipinski definition) is 3. The largest absolute Gasteiger partial charge is 0.345 e. The Labute approximate surface area is 194 Å². The van der Waals surface area contributed by atoms with Gasteiger partial charge in [0, 0.05) is 17.1 Å². The minimum Gasteiger partial charge on any atom is -0.345 e. The van der Waals surface area contributed by atoms with Crippen LogP contribution < -0.4 is 10.2 Å². The molecule has 1 N–H and O–H groups in total. The fourth-order valence-corrected chi connectivity index (χ4v) is 4.92. The third-order valence-corrected chi connectivity index (χ3v) is 6.96. The van der Waals surface area contributed by atoms with Gasteiger partial charge in [-0.15, -0.1) is 11.8 Å². The van der Waals surface area contributed by atoms with Crippen molar-refractivity contribution < 1.29 is 9.59 Å². The van der Waals surface area contributed by atoms with Crippen molar-refractivity contribution >= 4 is 29.3 Å². The lowest BCUT2D eigenvalue weighted by atomic mass is 10.0. The van der Waals surface area contributed by atoms with Gasteiger partial charge in [-0.25, -0.2) is 0 Å². The van der Waals surface area contributed by atoms with Crippen molar-refractivity contribution in [2.24, 2.45) is 0 Å². The van der Waals surface area contributed by atoms with Crippen LogP contribution in [0.15, 0.2) is 77.7 Å². The molecule has 164 valence electrons. The van der Waals surface area contributed by atoms with Gasteiger partial charge >= 0.3 is 0 Å². The summed E-state index contributed by atoms with van der Waals surface area (Å²) in [6.45, 7) is 4.83. The number of nitrogens with zero attached hydrogens (tertiary/aromatic N) is 1. The Balaban J connectivity index is 1.41. The van der Waals surface area contributed by atoms with Gasteiger partial charge in [0.2, 0.25) is 5.91 Å². The molecule has 1 heterocycles. The first kappa shape index (κ1) is 22.2. The number of thioether (sulfide) groups is 1. The average molecular weight is 445 g/mol. The van der Waals surface area contributed by atoms with Crippen LogP contribution in [0, 0.1) is 0 Å². The molecule has 0 aromatic heterocycles. The van der Waals surface area contributed by atoms with Crippen molar-refractivity contribution in [3.8, 4) is 0 Å². The van der Waals surface area contributed by atoms with Crippen molar-refractivity contribution in [2.75, 3.05) is 17.2 Å². The second-order valence-electron chi connectivity index (χ2n) is 8.00. The summed E-state index contributed by atoms with van der Waals surface area (Å²) in [5.74, 6) is 0.241. The first-order valence-electron chi connectivity index (χ1n) is 11.1. The van der Waals surface area contributed by atoms with Crippen LogP contribution in [0.3, 0.4) is 0 Å². The molecule has 0 saturated carbocycles. The SMILES string of the molecule is CCc1ccc(C(C)NC(=O)c2ccccc2SCC(=O)N2CCc3ccccc32)cc1. The van der Waals surface area contributed by atoms with Crippen LogP contribution in [0.2, 0.25) is 0 Å². The lowest BCUT2D eigenvalue weighted by Gasteiger charge is -2.18. The maximum atomic E-state index is 13.0. The summed E-state index contributed by atoms with van der Waals surface area (Å²) in [7, 11) is 0. The van der Waals surface area contributed by atoms with E-state index in [-0.39, 0.29) is 17.9 Å². The second kappa shape index (κ2) is 10.0. The molecule has 0 fully saturated rings. The molecule has 1 aliphatic rings. The fraction of sp³-hybridized carbons (Fsp3) is 0.259. The van der Waals surface area contributed by atoms with Crippen LogP contribution in [0.4, 0.5) is 5.69 Å². The van der Waals surface area contributed by atoms with Gasteiger partial charge in [0.15, 0.2) is 0 Å². The number of fused-ring (bicyclic) bond motifs is 1. The summed E-state index contributed by atoms with van der Waals surface area (Å²) in [5.41, 5.74) is 5.17. The molecule has 4 nitrogen and oxygen atoms in total. The van der Waals surface area contributed by atoms with Gasteiger partial charge in [0.1, 0.15) is 0 Å². The molecule has 1 aliphatic heterocycles. The van der Waals surface area contributed by atoms with Gasteiger partial charge in [-0.3, -0.25) is 9.59 Å². The first-order chi connectivity index (χ1) is 15.6. The molecule has 3 aromatic rings. The van der Waals surface area contributed by atoms with Gasteiger partial charge in [0.25, 0.3) is 5.91 Å². The normalized spacial score (nSPS) is 13.5. The minimum absolute atomic E-state index is 0.0690. The van der Waals surface area contributed by atoms with E-state index in [4.69, 9.17) is 0 Å². The van der Waals surface area contributed by atoms with Crippen LogP contribution in [0.5, 0.6) is 0 Å². The van der Waals surface area contributed by atoms with Crippen molar-refractivity contribution in [1.82, 2.24) is 5.32 Å². The molecule has 0 aliphatic carbocycles. The number of carbonyl (C=O) groups is 2. The maximum Gasteiger partial charge on any atom is 0.252 e. The van der Waals surface area contributed by atoms with Crippen LogP contribution in [-0.4, -0.2) is 24.1 Å². The van der Waals surface area contributed by atoms with Crippen molar-refractivity contribution in [1.29, 1.82) is 0 Å². The fourth-order valence-electron chi connectivity index (χ4n) is 3.99. The summed E-state index contributed by atoms with van der Waals surface area (Å²) < 4.78 is 0. The van der Waals surface area contributed by atoms with Gasteiger partial charge in [-0.1, -0.05) is 61.5 Å². The number of aryl methyl sites for hydroxylation is 1. The summed E-state index contributed by atoms with van der Waals surface area (Å²) in [4.78, 5) is 28.6. The molecule has 0 saturated heterocycles. The van der Waals surface area contributed by atoms with Crippen LogP contribution in [0.25, 0.3) is 0 Å². The van der Waals surface area contributed by atoms with Crippen molar-refractivity contribution in [3.63, 3.8) is 0 Å². The van der Waals surface area contributed by atoms with Crippen LogP contribution in [-0.2, 0) is 17.6 Å². The predicted molar refractivity (Wildman–Crippen MR) is 131 cm³/mol. The molecule has 0 bridgehead atoms. The quantitative estimate of drug-likeness (QED) is 0.495. The smallest absolute Gasteiger partial charge is 0.252 e. The highest BCUT2D eigenvalue weighted by Crippen LogP contribution is 2.30. The van der Waals surface area contributed by atoms with Crippen LogP contribution >= 0.6 is 11.8 Å². The number of carbonyl (C=O) groups excluding carboxylic acids is 2. The first-order valence-corrected chi connectivity index (χ1v) is 12.0. The van der Waals surface area contributed by atoms with E-state index < -0.39 is 0 Å². The Morgan fingerprint density at radius 3 is 2.50 bits per heavy atom. The van der Waals surface area contributed by atoms with E-state index in [0.29, 0.717) is 11.3 Å². The molecule has 3 aromatic carbocycles. The monoisotopic (exact) mass is 444 g/mol. The van der Waals surface area contributed by atoms with Gasteiger partial charge in [-0.05, 0) is 54.7 Å². The molecule has 0 spiro atoms. The lowest BCUT2D eigenvalue weighted by molar-refractivity contribution is -0.116. The highest BCUT2D eigenvalue weighted by atomic mass is 32.2.